The van der Waals surface area contributed by atoms with Crippen LogP contribution in [0.1, 0.15) is 38.8 Å². The van der Waals surface area contributed by atoms with Crippen LogP contribution in [-0.4, -0.2) is 41.0 Å². The van der Waals surface area contributed by atoms with Crippen molar-refractivity contribution in [2.45, 2.75) is 51.7 Å². The number of amides is 1. The molecule has 3 N–H and O–H groups in total. The molecule has 1 saturated heterocycles. The fraction of sp³-hybridized carbons (Fsp3) is 0.647. The molecule has 0 bridgehead atoms. The van der Waals surface area contributed by atoms with Gasteiger partial charge in [-0.2, -0.15) is 0 Å². The lowest BCUT2D eigenvalue weighted by atomic mass is 10.0. The number of likely N-dealkylation sites (tertiary alicyclic amines) is 1. The summed E-state index contributed by atoms with van der Waals surface area (Å²) in [5.74, 6) is 0.442. The fourth-order valence-corrected chi connectivity index (χ4v) is 2.88. The Morgan fingerprint density at radius 1 is 1.41 bits per heavy atom. The summed E-state index contributed by atoms with van der Waals surface area (Å²) in [6.07, 6.45) is 4.53. The summed E-state index contributed by atoms with van der Waals surface area (Å²) in [6, 6.07) is 5.88. The van der Waals surface area contributed by atoms with Gasteiger partial charge < -0.3 is 11.1 Å². The summed E-state index contributed by atoms with van der Waals surface area (Å²) in [4.78, 5) is 18.8. The molecule has 122 valence electrons. The average molecular weight is 304 g/mol. The Morgan fingerprint density at radius 2 is 2.14 bits per heavy atom. The normalized spacial score (nSPS) is 18.4. The van der Waals surface area contributed by atoms with Crippen LogP contribution in [0.5, 0.6) is 0 Å². The van der Waals surface area contributed by atoms with E-state index in [9.17, 15) is 4.79 Å². The molecule has 1 atom stereocenters. The molecular formula is C17H28N4O. The molecule has 1 aromatic heterocycles. The average Bonchev–Trinajstić information content (AvgIpc) is 2.49. The Labute approximate surface area is 133 Å². The Morgan fingerprint density at radius 3 is 2.73 bits per heavy atom. The molecule has 0 saturated carbocycles. The summed E-state index contributed by atoms with van der Waals surface area (Å²) in [5.41, 5.74) is 7.03. The summed E-state index contributed by atoms with van der Waals surface area (Å²) < 4.78 is 0. The van der Waals surface area contributed by atoms with Gasteiger partial charge in [0.2, 0.25) is 5.91 Å². The molecule has 1 aromatic rings. The molecule has 1 aliphatic heterocycles. The number of nitrogens with zero attached hydrogens (tertiary/aromatic N) is 2. The second kappa shape index (κ2) is 8.25. The van der Waals surface area contributed by atoms with Crippen LogP contribution in [0.3, 0.4) is 0 Å². The van der Waals surface area contributed by atoms with E-state index in [0.717, 1.165) is 44.6 Å². The largest absolute Gasteiger partial charge is 0.352 e. The number of hydrogen-bond donors (Lipinski definition) is 2. The number of piperidine rings is 1. The quantitative estimate of drug-likeness (QED) is 0.836. The molecular weight excluding hydrogens is 276 g/mol. The van der Waals surface area contributed by atoms with Crippen molar-refractivity contribution in [1.29, 1.82) is 0 Å². The molecule has 1 fully saturated rings. The van der Waals surface area contributed by atoms with Crippen LogP contribution >= 0.6 is 0 Å². The van der Waals surface area contributed by atoms with Crippen LogP contribution in [-0.2, 0) is 11.3 Å². The van der Waals surface area contributed by atoms with Gasteiger partial charge in [0.15, 0.2) is 0 Å². The second-order valence-electron chi connectivity index (χ2n) is 6.62. The summed E-state index contributed by atoms with van der Waals surface area (Å²) >= 11 is 0. The van der Waals surface area contributed by atoms with E-state index >= 15 is 0 Å². The van der Waals surface area contributed by atoms with Crippen molar-refractivity contribution >= 4 is 5.91 Å². The zero-order chi connectivity index (χ0) is 15.9. The first kappa shape index (κ1) is 16.9. The Bertz CT molecular complexity index is 455. The lowest BCUT2D eigenvalue weighted by molar-refractivity contribution is -0.123. The Balaban J connectivity index is 1.72. The number of hydrogen-bond acceptors (Lipinski definition) is 4. The first-order chi connectivity index (χ1) is 10.5. The number of pyridine rings is 1. The van der Waals surface area contributed by atoms with Crippen molar-refractivity contribution in [2.75, 3.05) is 13.1 Å². The summed E-state index contributed by atoms with van der Waals surface area (Å²) in [5, 5.41) is 3.10. The van der Waals surface area contributed by atoms with Gasteiger partial charge in [-0.25, -0.2) is 0 Å². The minimum Gasteiger partial charge on any atom is -0.352 e. The highest BCUT2D eigenvalue weighted by Crippen LogP contribution is 2.13. The number of rotatable bonds is 6. The molecule has 0 radical (unpaired) electrons. The highest BCUT2D eigenvalue weighted by atomic mass is 16.2. The van der Waals surface area contributed by atoms with Gasteiger partial charge in [0.25, 0.3) is 0 Å². The smallest absolute Gasteiger partial charge is 0.237 e. The summed E-state index contributed by atoms with van der Waals surface area (Å²) in [6.45, 7) is 7.03. The molecule has 5 heteroatoms. The van der Waals surface area contributed by atoms with Gasteiger partial charge in [0, 0.05) is 31.9 Å². The van der Waals surface area contributed by atoms with Crippen LogP contribution in [0, 0.1) is 5.92 Å². The van der Waals surface area contributed by atoms with Crippen molar-refractivity contribution < 1.29 is 4.79 Å². The number of aromatic nitrogens is 1. The maximum absolute atomic E-state index is 12.1. The van der Waals surface area contributed by atoms with E-state index in [1.807, 2.05) is 18.3 Å². The molecule has 0 aromatic carbocycles. The van der Waals surface area contributed by atoms with Crippen LogP contribution in [0.25, 0.3) is 0 Å². The third-order valence-electron chi connectivity index (χ3n) is 4.11. The van der Waals surface area contributed by atoms with Gasteiger partial charge in [-0.1, -0.05) is 19.9 Å². The molecule has 0 aliphatic carbocycles. The highest BCUT2D eigenvalue weighted by Gasteiger charge is 2.23. The number of nitrogens with one attached hydrogen (secondary N) is 1. The first-order valence-electron chi connectivity index (χ1n) is 8.23. The number of carbonyl (C=O) groups excluding carboxylic acids is 1. The van der Waals surface area contributed by atoms with E-state index in [4.69, 9.17) is 5.73 Å². The first-order valence-corrected chi connectivity index (χ1v) is 8.23. The number of carbonyl (C=O) groups is 1. The minimum atomic E-state index is -0.383. The van der Waals surface area contributed by atoms with E-state index in [0.29, 0.717) is 5.92 Å². The topological polar surface area (TPSA) is 71.2 Å². The monoisotopic (exact) mass is 304 g/mol. The molecule has 5 nitrogen and oxygen atoms in total. The zero-order valence-corrected chi connectivity index (χ0v) is 13.7. The van der Waals surface area contributed by atoms with Crippen molar-refractivity contribution in [3.05, 3.63) is 30.1 Å². The minimum absolute atomic E-state index is 0.00289. The van der Waals surface area contributed by atoms with Gasteiger partial charge in [-0.3, -0.25) is 14.7 Å². The SMILES string of the molecule is CC(C)C[C@H](N)C(=O)NC1CCN(Cc2ccccn2)CC1. The molecule has 2 heterocycles. The third kappa shape index (κ3) is 5.39. The lowest BCUT2D eigenvalue weighted by Crippen LogP contribution is -2.49. The van der Waals surface area contributed by atoms with E-state index in [1.165, 1.54) is 0 Å². The van der Waals surface area contributed by atoms with Crippen molar-refractivity contribution in [1.82, 2.24) is 15.2 Å². The van der Waals surface area contributed by atoms with Gasteiger partial charge in [-0.15, -0.1) is 0 Å². The molecule has 0 spiro atoms. The van der Waals surface area contributed by atoms with Gasteiger partial charge >= 0.3 is 0 Å². The maximum Gasteiger partial charge on any atom is 0.237 e. The molecule has 0 unspecified atom stereocenters. The van der Waals surface area contributed by atoms with Crippen molar-refractivity contribution in [3.8, 4) is 0 Å². The molecule has 2 rings (SSSR count). The second-order valence-corrected chi connectivity index (χ2v) is 6.62. The van der Waals surface area contributed by atoms with E-state index in [1.54, 1.807) is 0 Å². The molecule has 1 amide bonds. The molecule has 1 aliphatic rings. The van der Waals surface area contributed by atoms with Crippen molar-refractivity contribution in [3.63, 3.8) is 0 Å². The number of nitrogens with two attached hydrogens (primary N) is 1. The van der Waals surface area contributed by atoms with Gasteiger partial charge in [-0.05, 0) is 37.3 Å². The lowest BCUT2D eigenvalue weighted by Gasteiger charge is -2.32. The Kier molecular flexibility index (Phi) is 6.34. The van der Waals surface area contributed by atoms with E-state index in [-0.39, 0.29) is 18.0 Å². The maximum atomic E-state index is 12.1. The van der Waals surface area contributed by atoms with Crippen LogP contribution < -0.4 is 11.1 Å². The Hall–Kier alpha value is -1.46. The summed E-state index contributed by atoms with van der Waals surface area (Å²) in [7, 11) is 0. The fourth-order valence-electron chi connectivity index (χ4n) is 2.88. The van der Waals surface area contributed by atoms with Crippen molar-refractivity contribution in [2.24, 2.45) is 11.7 Å². The predicted molar refractivity (Wildman–Crippen MR) is 88.1 cm³/mol. The van der Waals surface area contributed by atoms with Crippen LogP contribution in [0.4, 0.5) is 0 Å². The van der Waals surface area contributed by atoms with Crippen LogP contribution in [0.15, 0.2) is 24.4 Å². The third-order valence-corrected chi connectivity index (χ3v) is 4.11. The van der Waals surface area contributed by atoms with Gasteiger partial charge in [0.1, 0.15) is 0 Å². The van der Waals surface area contributed by atoms with Crippen LogP contribution in [0.2, 0.25) is 0 Å². The standard InChI is InChI=1S/C17H28N4O/c1-13(2)11-16(18)17(22)20-14-6-9-21(10-7-14)12-15-5-3-4-8-19-15/h3-5,8,13-14,16H,6-7,9-12,18H2,1-2H3,(H,20,22)/t16-/m0/s1. The van der Waals surface area contributed by atoms with E-state index in [2.05, 4.69) is 35.1 Å². The zero-order valence-electron chi connectivity index (χ0n) is 13.7. The van der Waals surface area contributed by atoms with Gasteiger partial charge in [0.05, 0.1) is 11.7 Å². The molecule has 22 heavy (non-hydrogen) atoms. The predicted octanol–water partition coefficient (Wildman–Crippen LogP) is 1.54. The van der Waals surface area contributed by atoms with E-state index < -0.39 is 0 Å². The highest BCUT2D eigenvalue weighted by molar-refractivity contribution is 5.81.